The van der Waals surface area contributed by atoms with E-state index in [4.69, 9.17) is 4.74 Å². The summed E-state index contributed by atoms with van der Waals surface area (Å²) in [6, 6.07) is 17.6. The maximum atomic E-state index is 12.1. The van der Waals surface area contributed by atoms with Gasteiger partial charge in [0.15, 0.2) is 6.20 Å². The standard InChI is InChI=1S/C17H15NO2/c1-20-15-8-6-13(7-9-15)12-17-16-5-3-2-4-14(16)10-11-18(17)19/h2-11H,12H2,1H3. The second kappa shape index (κ2) is 5.21. The minimum Gasteiger partial charge on any atom is -0.618 e. The molecule has 20 heavy (non-hydrogen) atoms. The molecule has 2 aromatic carbocycles. The van der Waals surface area contributed by atoms with Crippen LogP contribution in [0.1, 0.15) is 11.3 Å². The number of ether oxygens (including phenoxy) is 1. The van der Waals surface area contributed by atoms with E-state index in [9.17, 15) is 5.21 Å². The highest BCUT2D eigenvalue weighted by Crippen LogP contribution is 2.19. The lowest BCUT2D eigenvalue weighted by Crippen LogP contribution is -2.31. The molecular weight excluding hydrogens is 250 g/mol. The molecule has 0 aliphatic carbocycles. The lowest BCUT2D eigenvalue weighted by atomic mass is 10.0. The maximum Gasteiger partial charge on any atom is 0.204 e. The van der Waals surface area contributed by atoms with Crippen molar-refractivity contribution in [1.29, 1.82) is 0 Å². The van der Waals surface area contributed by atoms with Gasteiger partial charge in [0.05, 0.1) is 18.9 Å². The van der Waals surface area contributed by atoms with Crippen LogP contribution in [0.15, 0.2) is 60.8 Å². The molecule has 100 valence electrons. The first-order chi connectivity index (χ1) is 9.78. The molecule has 1 heterocycles. The first kappa shape index (κ1) is 12.5. The van der Waals surface area contributed by atoms with Gasteiger partial charge in [0.1, 0.15) is 5.75 Å². The number of hydrogen-bond acceptors (Lipinski definition) is 2. The Morgan fingerprint density at radius 3 is 2.50 bits per heavy atom. The summed E-state index contributed by atoms with van der Waals surface area (Å²) < 4.78 is 6.10. The Morgan fingerprint density at radius 1 is 1.00 bits per heavy atom. The predicted octanol–water partition coefficient (Wildman–Crippen LogP) is 3.07. The molecule has 0 aliphatic rings. The molecule has 0 fully saturated rings. The highest BCUT2D eigenvalue weighted by molar-refractivity contribution is 5.83. The number of benzene rings is 2. The van der Waals surface area contributed by atoms with Gasteiger partial charge in [-0.2, -0.15) is 4.73 Å². The molecule has 0 spiro atoms. The van der Waals surface area contributed by atoms with Crippen molar-refractivity contribution in [3.63, 3.8) is 0 Å². The van der Waals surface area contributed by atoms with Gasteiger partial charge >= 0.3 is 0 Å². The summed E-state index contributed by atoms with van der Waals surface area (Å²) in [5, 5.41) is 14.1. The molecular formula is C17H15NO2. The van der Waals surface area contributed by atoms with Crippen molar-refractivity contribution < 1.29 is 9.47 Å². The van der Waals surface area contributed by atoms with Crippen LogP contribution in [0.5, 0.6) is 5.75 Å². The second-order valence-electron chi connectivity index (χ2n) is 4.70. The third-order valence-corrected chi connectivity index (χ3v) is 3.46. The molecule has 3 nitrogen and oxygen atoms in total. The topological polar surface area (TPSA) is 36.2 Å². The minimum absolute atomic E-state index is 0.606. The summed E-state index contributed by atoms with van der Waals surface area (Å²) in [7, 11) is 1.64. The third-order valence-electron chi connectivity index (χ3n) is 3.46. The van der Waals surface area contributed by atoms with Gasteiger partial charge in [-0.25, -0.2) is 0 Å². The smallest absolute Gasteiger partial charge is 0.204 e. The van der Waals surface area contributed by atoms with Gasteiger partial charge in [-0.1, -0.05) is 30.3 Å². The van der Waals surface area contributed by atoms with Crippen LogP contribution in [0.25, 0.3) is 10.8 Å². The van der Waals surface area contributed by atoms with Gasteiger partial charge in [-0.05, 0) is 29.1 Å². The monoisotopic (exact) mass is 265 g/mol. The fraction of sp³-hybridized carbons (Fsp3) is 0.118. The molecule has 1 aromatic heterocycles. The van der Waals surface area contributed by atoms with E-state index in [1.165, 1.54) is 0 Å². The van der Waals surface area contributed by atoms with Crippen LogP contribution in [0.4, 0.5) is 0 Å². The van der Waals surface area contributed by atoms with Crippen LogP contribution in [-0.4, -0.2) is 7.11 Å². The number of hydrogen-bond donors (Lipinski definition) is 0. The van der Waals surface area contributed by atoms with Crippen LogP contribution in [0.2, 0.25) is 0 Å². The Morgan fingerprint density at radius 2 is 1.75 bits per heavy atom. The van der Waals surface area contributed by atoms with E-state index in [1.54, 1.807) is 13.3 Å². The van der Waals surface area contributed by atoms with E-state index in [0.717, 1.165) is 32.5 Å². The molecule has 3 aromatic rings. The summed E-state index contributed by atoms with van der Waals surface area (Å²) in [5.74, 6) is 0.821. The number of fused-ring (bicyclic) bond motifs is 1. The SMILES string of the molecule is COc1ccc(Cc2c3ccccc3cc[n+]2[O-])cc1. The number of nitrogens with zero attached hydrogens (tertiary/aromatic N) is 1. The predicted molar refractivity (Wildman–Crippen MR) is 78.7 cm³/mol. The molecule has 3 rings (SSSR count). The van der Waals surface area contributed by atoms with Crippen molar-refractivity contribution in [3.8, 4) is 5.75 Å². The Kier molecular flexibility index (Phi) is 3.25. The van der Waals surface area contributed by atoms with Gasteiger partial charge in [0.25, 0.3) is 0 Å². The van der Waals surface area contributed by atoms with Gasteiger partial charge in [0, 0.05) is 6.07 Å². The Bertz CT molecular complexity index is 736. The van der Waals surface area contributed by atoms with E-state index in [1.807, 2.05) is 54.6 Å². The van der Waals surface area contributed by atoms with E-state index >= 15 is 0 Å². The van der Waals surface area contributed by atoms with E-state index in [2.05, 4.69) is 0 Å². The zero-order chi connectivity index (χ0) is 13.9. The lowest BCUT2D eigenvalue weighted by molar-refractivity contribution is -0.611. The van der Waals surface area contributed by atoms with Crippen LogP contribution in [0, 0.1) is 5.21 Å². The summed E-state index contributed by atoms with van der Waals surface area (Å²) in [5.41, 5.74) is 1.86. The summed E-state index contributed by atoms with van der Waals surface area (Å²) in [4.78, 5) is 0. The zero-order valence-corrected chi connectivity index (χ0v) is 11.2. The molecule has 0 saturated carbocycles. The largest absolute Gasteiger partial charge is 0.618 e. The second-order valence-corrected chi connectivity index (χ2v) is 4.70. The molecule has 0 N–H and O–H groups in total. The number of aromatic nitrogens is 1. The fourth-order valence-corrected chi connectivity index (χ4v) is 2.37. The molecule has 0 radical (unpaired) electrons. The van der Waals surface area contributed by atoms with Crippen molar-refractivity contribution in [2.75, 3.05) is 7.11 Å². The Labute approximate surface area is 117 Å². The third kappa shape index (κ3) is 2.30. The number of pyridine rings is 1. The average molecular weight is 265 g/mol. The highest BCUT2D eigenvalue weighted by Gasteiger charge is 2.11. The summed E-state index contributed by atoms with van der Waals surface area (Å²) >= 11 is 0. The number of rotatable bonds is 3. The van der Waals surface area contributed by atoms with E-state index < -0.39 is 0 Å². The van der Waals surface area contributed by atoms with Crippen molar-refractivity contribution >= 4 is 10.8 Å². The van der Waals surface area contributed by atoms with Crippen LogP contribution >= 0.6 is 0 Å². The zero-order valence-electron chi connectivity index (χ0n) is 11.2. The molecule has 3 heteroatoms. The molecule has 0 aliphatic heterocycles. The van der Waals surface area contributed by atoms with Gasteiger partial charge in [0.2, 0.25) is 5.69 Å². The maximum absolute atomic E-state index is 12.1. The Balaban J connectivity index is 2.02. The van der Waals surface area contributed by atoms with Crippen molar-refractivity contribution in [2.45, 2.75) is 6.42 Å². The summed E-state index contributed by atoms with van der Waals surface area (Å²) in [6.07, 6.45) is 2.18. The summed E-state index contributed by atoms with van der Waals surface area (Å²) in [6.45, 7) is 0. The first-order valence-electron chi connectivity index (χ1n) is 6.50. The van der Waals surface area contributed by atoms with Crippen molar-refractivity contribution in [3.05, 3.63) is 77.3 Å². The molecule has 0 saturated heterocycles. The van der Waals surface area contributed by atoms with Crippen LogP contribution in [0.3, 0.4) is 0 Å². The molecule has 0 amide bonds. The van der Waals surface area contributed by atoms with Gasteiger partial charge in [-0.15, -0.1) is 0 Å². The Hall–Kier alpha value is -2.55. The molecule has 0 atom stereocenters. The van der Waals surface area contributed by atoms with Crippen LogP contribution in [-0.2, 0) is 6.42 Å². The van der Waals surface area contributed by atoms with Crippen molar-refractivity contribution in [2.24, 2.45) is 0 Å². The normalized spacial score (nSPS) is 10.7. The van der Waals surface area contributed by atoms with Crippen LogP contribution < -0.4 is 9.47 Å². The van der Waals surface area contributed by atoms with E-state index in [-0.39, 0.29) is 0 Å². The molecule has 0 bridgehead atoms. The van der Waals surface area contributed by atoms with Gasteiger partial charge < -0.3 is 9.94 Å². The van der Waals surface area contributed by atoms with E-state index in [0.29, 0.717) is 6.42 Å². The van der Waals surface area contributed by atoms with Gasteiger partial charge in [-0.3, -0.25) is 0 Å². The quantitative estimate of drug-likeness (QED) is 0.539. The minimum atomic E-state index is 0.606. The first-order valence-corrected chi connectivity index (χ1v) is 6.50. The van der Waals surface area contributed by atoms with Crippen molar-refractivity contribution in [1.82, 2.24) is 0 Å². The molecule has 0 unspecified atom stereocenters. The lowest BCUT2D eigenvalue weighted by Gasteiger charge is -2.08. The fourth-order valence-electron chi connectivity index (χ4n) is 2.37. The average Bonchev–Trinajstić information content (AvgIpc) is 2.51. The highest BCUT2D eigenvalue weighted by atomic mass is 16.5. The number of methoxy groups -OCH3 is 1.